The van der Waals surface area contributed by atoms with Gasteiger partial charge in [-0.15, -0.1) is 0 Å². The Morgan fingerprint density at radius 1 is 1.04 bits per heavy atom. The van der Waals surface area contributed by atoms with Gasteiger partial charge in [0.1, 0.15) is 5.82 Å². The van der Waals surface area contributed by atoms with E-state index in [1.807, 2.05) is 30.3 Å². The Morgan fingerprint density at radius 3 is 2.35 bits per heavy atom. The number of morpholine rings is 1. The highest BCUT2D eigenvalue weighted by Crippen LogP contribution is 2.21. The van der Waals surface area contributed by atoms with Gasteiger partial charge in [0, 0.05) is 25.7 Å². The summed E-state index contributed by atoms with van der Waals surface area (Å²) in [5.41, 5.74) is 1.63. The summed E-state index contributed by atoms with van der Waals surface area (Å²) in [6.07, 6.45) is 0. The molecule has 0 aromatic heterocycles. The highest BCUT2D eigenvalue weighted by molar-refractivity contribution is 7.88. The van der Waals surface area contributed by atoms with Crippen molar-refractivity contribution in [2.45, 2.75) is 11.8 Å². The second-order valence-electron chi connectivity index (χ2n) is 6.31. The van der Waals surface area contributed by atoms with E-state index in [0.29, 0.717) is 18.8 Å². The van der Waals surface area contributed by atoms with Crippen LogP contribution in [0.25, 0.3) is 0 Å². The van der Waals surface area contributed by atoms with Crippen LogP contribution >= 0.6 is 0 Å². The van der Waals surface area contributed by atoms with E-state index in [2.05, 4.69) is 9.62 Å². The summed E-state index contributed by atoms with van der Waals surface area (Å²) in [6, 6.07) is 15.3. The summed E-state index contributed by atoms with van der Waals surface area (Å²) in [6.45, 7) is 3.10. The number of halogens is 1. The SMILES string of the molecule is O=S(=O)(Cc1ccc(F)cc1)NCC(c1ccccc1)N1CCOCC1. The van der Waals surface area contributed by atoms with Crippen LogP contribution in [0.15, 0.2) is 54.6 Å². The van der Waals surface area contributed by atoms with E-state index in [0.717, 1.165) is 18.7 Å². The molecule has 0 amide bonds. The molecular formula is C19H23FN2O3S. The average Bonchev–Trinajstić information content (AvgIpc) is 2.65. The zero-order chi connectivity index (χ0) is 18.4. The molecule has 1 aliphatic heterocycles. The fourth-order valence-electron chi connectivity index (χ4n) is 3.08. The molecule has 3 rings (SSSR count). The van der Waals surface area contributed by atoms with Crippen LogP contribution in [0, 0.1) is 5.82 Å². The number of rotatable bonds is 7. The van der Waals surface area contributed by atoms with Crippen LogP contribution in [0.2, 0.25) is 0 Å². The summed E-state index contributed by atoms with van der Waals surface area (Å²) in [7, 11) is -3.52. The Labute approximate surface area is 153 Å². The van der Waals surface area contributed by atoms with E-state index in [1.54, 1.807) is 0 Å². The van der Waals surface area contributed by atoms with Crippen molar-refractivity contribution in [3.8, 4) is 0 Å². The van der Waals surface area contributed by atoms with Crippen LogP contribution in [-0.2, 0) is 20.5 Å². The molecule has 2 aromatic carbocycles. The zero-order valence-electron chi connectivity index (χ0n) is 14.5. The number of hydrogen-bond acceptors (Lipinski definition) is 4. The first-order valence-corrected chi connectivity index (χ1v) is 10.3. The molecule has 0 spiro atoms. The minimum Gasteiger partial charge on any atom is -0.379 e. The van der Waals surface area contributed by atoms with Crippen LogP contribution in [-0.4, -0.2) is 46.2 Å². The van der Waals surface area contributed by atoms with Crippen molar-refractivity contribution in [2.24, 2.45) is 0 Å². The van der Waals surface area contributed by atoms with E-state index in [-0.39, 0.29) is 24.2 Å². The Kier molecular flexibility index (Phi) is 6.37. The first-order chi connectivity index (χ1) is 12.5. The highest BCUT2D eigenvalue weighted by Gasteiger charge is 2.24. The molecule has 0 bridgehead atoms. The number of sulfonamides is 1. The first-order valence-electron chi connectivity index (χ1n) is 8.62. The molecule has 1 fully saturated rings. The lowest BCUT2D eigenvalue weighted by atomic mass is 10.1. The van der Waals surface area contributed by atoms with Crippen molar-refractivity contribution >= 4 is 10.0 Å². The van der Waals surface area contributed by atoms with Crippen molar-refractivity contribution in [3.05, 3.63) is 71.5 Å². The van der Waals surface area contributed by atoms with Crippen LogP contribution in [0.5, 0.6) is 0 Å². The Bertz CT molecular complexity index is 791. The molecule has 26 heavy (non-hydrogen) atoms. The van der Waals surface area contributed by atoms with Crippen molar-refractivity contribution in [2.75, 3.05) is 32.8 Å². The Balaban J connectivity index is 1.69. The Hall–Kier alpha value is -1.80. The van der Waals surface area contributed by atoms with E-state index in [9.17, 15) is 12.8 Å². The maximum Gasteiger partial charge on any atom is 0.215 e. The van der Waals surface area contributed by atoms with Gasteiger partial charge in [0.15, 0.2) is 0 Å². The van der Waals surface area contributed by atoms with Crippen molar-refractivity contribution < 1.29 is 17.5 Å². The number of nitrogens with zero attached hydrogens (tertiary/aromatic N) is 1. The molecule has 7 heteroatoms. The molecule has 1 saturated heterocycles. The van der Waals surface area contributed by atoms with Gasteiger partial charge in [-0.3, -0.25) is 4.90 Å². The second kappa shape index (κ2) is 8.73. The monoisotopic (exact) mass is 378 g/mol. The molecule has 0 saturated carbocycles. The van der Waals surface area contributed by atoms with E-state index < -0.39 is 10.0 Å². The molecule has 1 unspecified atom stereocenters. The van der Waals surface area contributed by atoms with Crippen molar-refractivity contribution in [1.29, 1.82) is 0 Å². The van der Waals surface area contributed by atoms with Gasteiger partial charge in [-0.25, -0.2) is 17.5 Å². The number of nitrogens with one attached hydrogen (secondary N) is 1. The summed E-state index contributed by atoms with van der Waals surface area (Å²) in [5.74, 6) is -0.548. The molecule has 1 heterocycles. The summed E-state index contributed by atoms with van der Waals surface area (Å²) in [5, 5.41) is 0. The van der Waals surface area contributed by atoms with Gasteiger partial charge >= 0.3 is 0 Å². The smallest absolute Gasteiger partial charge is 0.215 e. The molecule has 1 atom stereocenters. The average molecular weight is 378 g/mol. The third-order valence-corrected chi connectivity index (χ3v) is 5.76. The van der Waals surface area contributed by atoms with Crippen LogP contribution in [0.4, 0.5) is 4.39 Å². The predicted molar refractivity (Wildman–Crippen MR) is 98.6 cm³/mol. The maximum absolute atomic E-state index is 13.0. The fraction of sp³-hybridized carbons (Fsp3) is 0.368. The van der Waals surface area contributed by atoms with Crippen molar-refractivity contribution in [1.82, 2.24) is 9.62 Å². The lowest BCUT2D eigenvalue weighted by Crippen LogP contribution is -2.44. The number of ether oxygens (including phenoxy) is 1. The molecule has 1 aliphatic rings. The van der Waals surface area contributed by atoms with Crippen LogP contribution in [0.1, 0.15) is 17.2 Å². The summed E-state index contributed by atoms with van der Waals surface area (Å²) < 4.78 is 46.0. The van der Waals surface area contributed by atoms with Gasteiger partial charge in [-0.2, -0.15) is 0 Å². The molecule has 1 N–H and O–H groups in total. The Morgan fingerprint density at radius 2 is 1.69 bits per heavy atom. The van der Waals surface area contributed by atoms with Crippen LogP contribution in [0.3, 0.4) is 0 Å². The largest absolute Gasteiger partial charge is 0.379 e. The zero-order valence-corrected chi connectivity index (χ0v) is 15.3. The molecular weight excluding hydrogens is 355 g/mol. The van der Waals surface area contributed by atoms with Crippen molar-refractivity contribution in [3.63, 3.8) is 0 Å². The number of benzene rings is 2. The third kappa shape index (κ3) is 5.35. The van der Waals surface area contributed by atoms with E-state index in [4.69, 9.17) is 4.74 Å². The molecule has 0 aliphatic carbocycles. The lowest BCUT2D eigenvalue weighted by Gasteiger charge is -2.34. The second-order valence-corrected chi connectivity index (χ2v) is 8.12. The lowest BCUT2D eigenvalue weighted by molar-refractivity contribution is 0.0172. The van der Waals surface area contributed by atoms with E-state index in [1.165, 1.54) is 24.3 Å². The summed E-state index contributed by atoms with van der Waals surface area (Å²) >= 11 is 0. The summed E-state index contributed by atoms with van der Waals surface area (Å²) in [4.78, 5) is 2.24. The molecule has 2 aromatic rings. The maximum atomic E-state index is 13.0. The third-order valence-electron chi connectivity index (χ3n) is 4.44. The first kappa shape index (κ1) is 19.0. The minimum atomic E-state index is -3.52. The number of hydrogen-bond donors (Lipinski definition) is 1. The van der Waals surface area contributed by atoms with Gasteiger partial charge in [0.05, 0.1) is 19.0 Å². The predicted octanol–water partition coefficient (Wildman–Crippen LogP) is 2.32. The van der Waals surface area contributed by atoms with Gasteiger partial charge < -0.3 is 4.74 Å². The molecule has 0 radical (unpaired) electrons. The van der Waals surface area contributed by atoms with E-state index >= 15 is 0 Å². The standard InChI is InChI=1S/C19H23FN2O3S/c20-18-8-6-16(7-9-18)15-26(23,24)21-14-19(17-4-2-1-3-5-17)22-10-12-25-13-11-22/h1-9,19,21H,10-15H2. The van der Waals surface area contributed by atoms with Gasteiger partial charge in [-0.1, -0.05) is 42.5 Å². The van der Waals surface area contributed by atoms with Crippen LogP contribution < -0.4 is 4.72 Å². The topological polar surface area (TPSA) is 58.6 Å². The highest BCUT2D eigenvalue weighted by atomic mass is 32.2. The molecule has 140 valence electrons. The van der Waals surface area contributed by atoms with Gasteiger partial charge in [-0.05, 0) is 23.3 Å². The fourth-order valence-corrected chi connectivity index (χ4v) is 4.22. The normalized spacial score (nSPS) is 17.1. The van der Waals surface area contributed by atoms with Gasteiger partial charge in [0.25, 0.3) is 0 Å². The quantitative estimate of drug-likeness (QED) is 0.803. The van der Waals surface area contributed by atoms with Gasteiger partial charge in [0.2, 0.25) is 10.0 Å². The minimum absolute atomic E-state index is 0.0527. The molecule has 5 nitrogen and oxygen atoms in total.